The van der Waals surface area contributed by atoms with Crippen molar-refractivity contribution in [1.29, 1.82) is 0 Å². The van der Waals surface area contributed by atoms with Gasteiger partial charge in [0.15, 0.2) is 0 Å². The third-order valence-electron chi connectivity index (χ3n) is 3.61. The fraction of sp³-hybridized carbons (Fsp3) is 0.389. The summed E-state index contributed by atoms with van der Waals surface area (Å²) in [4.78, 5) is 20.9. The highest BCUT2D eigenvalue weighted by molar-refractivity contribution is 5.92. The molecular formula is C18H24N4O. The number of nitrogens with zero attached hydrogens (tertiary/aromatic N) is 2. The number of carbonyl (C=O) groups excluding carboxylic acids is 1. The summed E-state index contributed by atoms with van der Waals surface area (Å²) >= 11 is 0. The fourth-order valence-corrected chi connectivity index (χ4v) is 2.14. The Bertz CT molecular complexity index is 710. The number of amides is 1. The van der Waals surface area contributed by atoms with E-state index in [4.69, 9.17) is 0 Å². The molecule has 5 nitrogen and oxygen atoms in total. The standard InChI is InChI=1S/C18H24N4O/c1-11(2)10-19-17(23)16-9-13(4)20-18(22-16)21-15-8-6-7-12(3)14(15)5/h6-9,11H,10H2,1-5H3,(H,19,23)(H,20,21,22). The predicted molar refractivity (Wildman–Crippen MR) is 93.1 cm³/mol. The summed E-state index contributed by atoms with van der Waals surface area (Å²) in [7, 11) is 0. The number of rotatable bonds is 5. The average molecular weight is 312 g/mol. The number of aryl methyl sites for hydroxylation is 2. The molecule has 23 heavy (non-hydrogen) atoms. The maximum atomic E-state index is 12.2. The van der Waals surface area contributed by atoms with E-state index in [1.807, 2.05) is 26.0 Å². The van der Waals surface area contributed by atoms with Gasteiger partial charge in [0.05, 0.1) is 0 Å². The highest BCUT2D eigenvalue weighted by Crippen LogP contribution is 2.21. The number of hydrogen-bond acceptors (Lipinski definition) is 4. The number of benzene rings is 1. The van der Waals surface area contributed by atoms with Crippen molar-refractivity contribution in [2.24, 2.45) is 5.92 Å². The largest absolute Gasteiger partial charge is 0.350 e. The van der Waals surface area contributed by atoms with Crippen LogP contribution in [-0.2, 0) is 0 Å². The van der Waals surface area contributed by atoms with E-state index in [9.17, 15) is 4.79 Å². The van der Waals surface area contributed by atoms with E-state index in [1.54, 1.807) is 6.07 Å². The average Bonchev–Trinajstić information content (AvgIpc) is 2.49. The van der Waals surface area contributed by atoms with Gasteiger partial charge in [-0.25, -0.2) is 9.97 Å². The topological polar surface area (TPSA) is 66.9 Å². The van der Waals surface area contributed by atoms with Crippen LogP contribution in [0.15, 0.2) is 24.3 Å². The van der Waals surface area contributed by atoms with Crippen LogP contribution < -0.4 is 10.6 Å². The van der Waals surface area contributed by atoms with Gasteiger partial charge >= 0.3 is 0 Å². The summed E-state index contributed by atoms with van der Waals surface area (Å²) in [5.41, 5.74) is 4.42. The van der Waals surface area contributed by atoms with Crippen molar-refractivity contribution < 1.29 is 4.79 Å². The lowest BCUT2D eigenvalue weighted by Gasteiger charge is -2.12. The number of nitrogens with one attached hydrogen (secondary N) is 2. The molecule has 0 atom stereocenters. The molecule has 0 bridgehead atoms. The molecule has 0 spiro atoms. The van der Waals surface area contributed by atoms with Crippen LogP contribution in [0, 0.1) is 26.7 Å². The van der Waals surface area contributed by atoms with Crippen LogP contribution in [0.5, 0.6) is 0 Å². The molecule has 2 N–H and O–H groups in total. The minimum atomic E-state index is -0.173. The molecule has 1 aromatic heterocycles. The quantitative estimate of drug-likeness (QED) is 0.886. The second-order valence-corrected chi connectivity index (χ2v) is 6.19. The molecule has 0 saturated carbocycles. The maximum Gasteiger partial charge on any atom is 0.270 e. The highest BCUT2D eigenvalue weighted by atomic mass is 16.1. The first kappa shape index (κ1) is 16.9. The van der Waals surface area contributed by atoms with Gasteiger partial charge in [-0.3, -0.25) is 4.79 Å². The summed E-state index contributed by atoms with van der Waals surface area (Å²) in [6, 6.07) is 7.72. The van der Waals surface area contributed by atoms with Crippen molar-refractivity contribution in [2.75, 3.05) is 11.9 Å². The molecule has 1 heterocycles. The minimum Gasteiger partial charge on any atom is -0.350 e. The second-order valence-electron chi connectivity index (χ2n) is 6.19. The Morgan fingerprint density at radius 3 is 2.61 bits per heavy atom. The zero-order valence-electron chi connectivity index (χ0n) is 14.4. The molecule has 0 aliphatic heterocycles. The van der Waals surface area contributed by atoms with Crippen molar-refractivity contribution >= 4 is 17.5 Å². The first-order valence-electron chi connectivity index (χ1n) is 7.84. The van der Waals surface area contributed by atoms with Gasteiger partial charge in [-0.1, -0.05) is 26.0 Å². The van der Waals surface area contributed by atoms with Crippen LogP contribution in [0.25, 0.3) is 0 Å². The van der Waals surface area contributed by atoms with E-state index in [0.717, 1.165) is 16.9 Å². The van der Waals surface area contributed by atoms with Gasteiger partial charge in [-0.05, 0) is 49.9 Å². The van der Waals surface area contributed by atoms with Crippen molar-refractivity contribution in [3.8, 4) is 0 Å². The third kappa shape index (κ3) is 4.52. The van der Waals surface area contributed by atoms with Crippen molar-refractivity contribution in [2.45, 2.75) is 34.6 Å². The van der Waals surface area contributed by atoms with Crippen LogP contribution in [0.1, 0.15) is 41.2 Å². The Hall–Kier alpha value is -2.43. The van der Waals surface area contributed by atoms with Crippen molar-refractivity contribution in [3.63, 3.8) is 0 Å². The molecule has 5 heteroatoms. The number of aromatic nitrogens is 2. The van der Waals surface area contributed by atoms with Crippen molar-refractivity contribution in [3.05, 3.63) is 46.8 Å². The first-order valence-corrected chi connectivity index (χ1v) is 7.84. The molecule has 2 rings (SSSR count). The van der Waals surface area contributed by atoms with E-state index < -0.39 is 0 Å². The summed E-state index contributed by atoms with van der Waals surface area (Å²) in [5.74, 6) is 0.663. The van der Waals surface area contributed by atoms with Crippen LogP contribution in [-0.4, -0.2) is 22.4 Å². The van der Waals surface area contributed by atoms with Gasteiger partial charge < -0.3 is 10.6 Å². The third-order valence-corrected chi connectivity index (χ3v) is 3.61. The number of hydrogen-bond donors (Lipinski definition) is 2. The Balaban J connectivity index is 2.23. The SMILES string of the molecule is Cc1cc(C(=O)NCC(C)C)nc(Nc2cccc(C)c2C)n1. The lowest BCUT2D eigenvalue weighted by atomic mass is 10.1. The number of anilines is 2. The minimum absolute atomic E-state index is 0.173. The summed E-state index contributed by atoms with van der Waals surface area (Å²) in [6.45, 7) is 10.7. The van der Waals surface area contributed by atoms with E-state index in [-0.39, 0.29) is 5.91 Å². The fourth-order valence-electron chi connectivity index (χ4n) is 2.14. The zero-order valence-corrected chi connectivity index (χ0v) is 14.4. The summed E-state index contributed by atoms with van der Waals surface area (Å²) in [5, 5.41) is 6.09. The Morgan fingerprint density at radius 2 is 1.91 bits per heavy atom. The Labute approximate surface area is 137 Å². The molecule has 2 aromatic rings. The molecule has 0 aliphatic carbocycles. The van der Waals surface area contributed by atoms with E-state index in [0.29, 0.717) is 24.1 Å². The molecule has 0 aliphatic rings. The summed E-state index contributed by atoms with van der Waals surface area (Å²) in [6.07, 6.45) is 0. The molecule has 1 aromatic carbocycles. The van der Waals surface area contributed by atoms with Gasteiger partial charge in [0.1, 0.15) is 5.69 Å². The van der Waals surface area contributed by atoms with Crippen LogP contribution >= 0.6 is 0 Å². The smallest absolute Gasteiger partial charge is 0.270 e. The summed E-state index contributed by atoms with van der Waals surface area (Å²) < 4.78 is 0. The number of carbonyl (C=O) groups is 1. The van der Waals surface area contributed by atoms with Crippen molar-refractivity contribution in [1.82, 2.24) is 15.3 Å². The van der Waals surface area contributed by atoms with Gasteiger partial charge in [0.25, 0.3) is 5.91 Å². The lowest BCUT2D eigenvalue weighted by molar-refractivity contribution is 0.0944. The zero-order chi connectivity index (χ0) is 17.0. The van der Waals surface area contributed by atoms with Gasteiger partial charge in [0, 0.05) is 17.9 Å². The van der Waals surface area contributed by atoms with Gasteiger partial charge in [-0.2, -0.15) is 0 Å². The first-order chi connectivity index (χ1) is 10.9. The lowest BCUT2D eigenvalue weighted by Crippen LogP contribution is -2.28. The molecule has 0 saturated heterocycles. The molecular weight excluding hydrogens is 288 g/mol. The highest BCUT2D eigenvalue weighted by Gasteiger charge is 2.11. The molecule has 0 fully saturated rings. The second kappa shape index (κ2) is 7.22. The molecule has 0 unspecified atom stereocenters. The monoisotopic (exact) mass is 312 g/mol. The van der Waals surface area contributed by atoms with E-state index in [1.165, 1.54) is 5.56 Å². The van der Waals surface area contributed by atoms with E-state index in [2.05, 4.69) is 47.4 Å². The van der Waals surface area contributed by atoms with Crippen LogP contribution in [0.2, 0.25) is 0 Å². The Kier molecular flexibility index (Phi) is 5.32. The molecule has 122 valence electrons. The van der Waals surface area contributed by atoms with Gasteiger partial charge in [-0.15, -0.1) is 0 Å². The predicted octanol–water partition coefficient (Wildman–Crippen LogP) is 3.53. The van der Waals surface area contributed by atoms with Crippen LogP contribution in [0.3, 0.4) is 0 Å². The molecule has 1 amide bonds. The van der Waals surface area contributed by atoms with Crippen LogP contribution in [0.4, 0.5) is 11.6 Å². The maximum absolute atomic E-state index is 12.2. The molecule has 0 radical (unpaired) electrons. The van der Waals surface area contributed by atoms with Gasteiger partial charge in [0.2, 0.25) is 5.95 Å². The van der Waals surface area contributed by atoms with E-state index >= 15 is 0 Å². The normalized spacial score (nSPS) is 10.7. The Morgan fingerprint density at radius 1 is 1.17 bits per heavy atom.